The van der Waals surface area contributed by atoms with E-state index in [-0.39, 0.29) is 35.7 Å². The number of sulfone groups is 1. The maximum Gasteiger partial charge on any atom is 0.151 e. The van der Waals surface area contributed by atoms with Crippen molar-refractivity contribution in [3.8, 4) is 0 Å². The lowest BCUT2D eigenvalue weighted by atomic mass is 9.83. The molecule has 3 aliphatic rings. The van der Waals surface area contributed by atoms with Gasteiger partial charge in [-0.25, -0.2) is 8.42 Å². The second-order valence-corrected chi connectivity index (χ2v) is 13.2. The summed E-state index contributed by atoms with van der Waals surface area (Å²) in [5.74, 6) is -0.0232. The smallest absolute Gasteiger partial charge is 0.151 e. The Labute approximate surface area is 220 Å². The van der Waals surface area contributed by atoms with E-state index in [1.165, 1.54) is 0 Å². The molecule has 2 aliphatic carbocycles. The van der Waals surface area contributed by atoms with Gasteiger partial charge in [-0.05, 0) is 54.7 Å². The number of hydrogen-bond donors (Lipinski definition) is 0. The molecule has 3 unspecified atom stereocenters. The average molecular weight is 552 g/mol. The van der Waals surface area contributed by atoms with Crippen LogP contribution in [-0.4, -0.2) is 31.4 Å². The number of fused-ring (bicyclic) bond motifs is 2. The molecule has 0 radical (unpaired) electrons. The van der Waals surface area contributed by atoms with Gasteiger partial charge in [0.25, 0.3) is 0 Å². The van der Waals surface area contributed by atoms with Gasteiger partial charge in [-0.2, -0.15) is 5.10 Å². The van der Waals surface area contributed by atoms with Gasteiger partial charge in [0.05, 0.1) is 33.7 Å². The van der Waals surface area contributed by atoms with E-state index in [1.54, 1.807) is 12.1 Å². The van der Waals surface area contributed by atoms with Gasteiger partial charge in [0.1, 0.15) is 5.78 Å². The van der Waals surface area contributed by atoms with E-state index in [0.29, 0.717) is 40.0 Å². The molecule has 0 saturated heterocycles. The van der Waals surface area contributed by atoms with Crippen molar-refractivity contribution >= 4 is 61.8 Å². The van der Waals surface area contributed by atoms with Gasteiger partial charge in [-0.15, -0.1) is 0 Å². The first-order valence-corrected chi connectivity index (χ1v) is 14.5. The first-order valence-electron chi connectivity index (χ1n) is 11.6. The fourth-order valence-corrected chi connectivity index (χ4v) is 8.19. The number of hydrogen-bond acceptors (Lipinski definition) is 5. The molecular formula is C26H25Cl3N2O3S. The number of hydrazone groups is 1. The Balaban J connectivity index is 1.37. The third kappa shape index (κ3) is 4.66. The highest BCUT2D eigenvalue weighted by Gasteiger charge is 2.56. The Hall–Kier alpha value is -1.86. The van der Waals surface area contributed by atoms with Crippen LogP contribution >= 0.6 is 34.8 Å². The second kappa shape index (κ2) is 9.22. The molecule has 5 nitrogen and oxygen atoms in total. The van der Waals surface area contributed by atoms with Gasteiger partial charge < -0.3 is 0 Å². The zero-order valence-corrected chi connectivity index (χ0v) is 22.1. The van der Waals surface area contributed by atoms with E-state index in [4.69, 9.17) is 39.9 Å². The first-order chi connectivity index (χ1) is 16.6. The topological polar surface area (TPSA) is 66.8 Å². The summed E-state index contributed by atoms with van der Waals surface area (Å²) in [7, 11) is -3.49. The maximum absolute atomic E-state index is 13.1. The molecule has 2 bridgehead atoms. The molecule has 2 fully saturated rings. The SMILES string of the molecule is C=C1C2CCC1(CS(=O)(=O)CCC1=NN(c3ccc(Cl)cc3Cl)C(c3ccc(Cl)cc3)C1)C(=O)C2. The minimum atomic E-state index is -3.49. The Morgan fingerprint density at radius 1 is 1.06 bits per heavy atom. The van der Waals surface area contributed by atoms with Gasteiger partial charge in [0, 0.05) is 35.0 Å². The normalized spacial score (nSPS) is 26.0. The maximum atomic E-state index is 13.1. The van der Waals surface area contributed by atoms with Crippen LogP contribution < -0.4 is 5.01 Å². The summed E-state index contributed by atoms with van der Waals surface area (Å²) in [5, 5.41) is 8.22. The molecule has 3 atom stereocenters. The fraction of sp³-hybridized carbons (Fsp3) is 0.385. The van der Waals surface area contributed by atoms with Crippen LogP contribution in [0.3, 0.4) is 0 Å². The molecule has 0 spiro atoms. The predicted molar refractivity (Wildman–Crippen MR) is 142 cm³/mol. The number of ketones is 1. The first kappa shape index (κ1) is 24.8. The summed E-state index contributed by atoms with van der Waals surface area (Å²) in [6.07, 6.45) is 2.72. The second-order valence-electron chi connectivity index (χ2n) is 9.69. The molecule has 1 heterocycles. The number of allylic oxidation sites excluding steroid dienone is 1. The van der Waals surface area contributed by atoms with Crippen molar-refractivity contribution in [2.75, 3.05) is 16.5 Å². The van der Waals surface area contributed by atoms with Gasteiger partial charge in [0.2, 0.25) is 0 Å². The van der Waals surface area contributed by atoms with Crippen LogP contribution in [0.5, 0.6) is 0 Å². The number of halogens is 3. The number of benzene rings is 2. The predicted octanol–water partition coefficient (Wildman–Crippen LogP) is 6.68. The number of rotatable bonds is 7. The summed E-state index contributed by atoms with van der Waals surface area (Å²) in [6.45, 7) is 4.08. The molecule has 2 saturated carbocycles. The van der Waals surface area contributed by atoms with E-state index >= 15 is 0 Å². The highest BCUT2D eigenvalue weighted by Crippen LogP contribution is 2.55. The van der Waals surface area contributed by atoms with Crippen LogP contribution in [0.25, 0.3) is 0 Å². The van der Waals surface area contributed by atoms with Gasteiger partial charge in [0.15, 0.2) is 9.84 Å². The minimum Gasteiger partial charge on any atom is -0.299 e. The molecule has 1 aliphatic heterocycles. The van der Waals surface area contributed by atoms with Crippen molar-refractivity contribution in [1.82, 2.24) is 0 Å². The summed E-state index contributed by atoms with van der Waals surface area (Å²) >= 11 is 18.7. The number of carbonyl (C=O) groups is 1. The van der Waals surface area contributed by atoms with E-state index in [1.807, 2.05) is 35.3 Å². The lowest BCUT2D eigenvalue weighted by Crippen LogP contribution is -2.35. The molecule has 0 N–H and O–H groups in total. The lowest BCUT2D eigenvalue weighted by Gasteiger charge is -2.25. The van der Waals surface area contributed by atoms with Crippen molar-refractivity contribution in [2.24, 2.45) is 16.4 Å². The summed E-state index contributed by atoms with van der Waals surface area (Å²) < 4.78 is 26.3. The van der Waals surface area contributed by atoms with Crippen molar-refractivity contribution in [2.45, 2.75) is 38.1 Å². The molecule has 35 heavy (non-hydrogen) atoms. The number of Topliss-reactive ketones (excluding diaryl/α,β-unsaturated/α-hetero) is 1. The van der Waals surface area contributed by atoms with E-state index in [9.17, 15) is 13.2 Å². The monoisotopic (exact) mass is 550 g/mol. The van der Waals surface area contributed by atoms with Crippen molar-refractivity contribution in [3.05, 3.63) is 75.2 Å². The third-order valence-corrected chi connectivity index (χ3v) is 10.1. The number of carbonyl (C=O) groups excluding carboxylic acids is 1. The van der Waals surface area contributed by atoms with Crippen LogP contribution in [0.2, 0.25) is 15.1 Å². The van der Waals surface area contributed by atoms with E-state index in [0.717, 1.165) is 23.3 Å². The van der Waals surface area contributed by atoms with Crippen molar-refractivity contribution in [3.63, 3.8) is 0 Å². The minimum absolute atomic E-state index is 0.0342. The molecule has 5 rings (SSSR count). The van der Waals surface area contributed by atoms with E-state index < -0.39 is 15.3 Å². The summed E-state index contributed by atoms with van der Waals surface area (Å²) in [4.78, 5) is 12.6. The van der Waals surface area contributed by atoms with Crippen molar-refractivity contribution in [1.29, 1.82) is 0 Å². The average Bonchev–Trinajstić information content (AvgIpc) is 3.42. The molecule has 9 heteroatoms. The largest absolute Gasteiger partial charge is 0.299 e. The molecule has 0 aromatic heterocycles. The molecule has 2 aromatic carbocycles. The third-order valence-electron chi connectivity index (χ3n) is 7.55. The quantitative estimate of drug-likeness (QED) is 0.360. The van der Waals surface area contributed by atoms with Crippen molar-refractivity contribution < 1.29 is 13.2 Å². The van der Waals surface area contributed by atoms with Gasteiger partial charge in [-0.3, -0.25) is 9.80 Å². The Morgan fingerprint density at radius 3 is 2.40 bits per heavy atom. The molecule has 2 aromatic rings. The summed E-state index contributed by atoms with van der Waals surface area (Å²) in [5.41, 5.74) is 2.38. The Morgan fingerprint density at radius 2 is 1.77 bits per heavy atom. The zero-order chi connectivity index (χ0) is 25.0. The highest BCUT2D eigenvalue weighted by atomic mass is 35.5. The summed E-state index contributed by atoms with van der Waals surface area (Å²) in [6, 6.07) is 12.6. The molecule has 184 valence electrons. The standard InChI is InChI=1S/C26H25Cl3N2O3S/c1-16-18-8-10-26(16,25(32)12-18)15-35(33,34)11-9-21-14-24(17-2-4-19(27)5-3-17)31(30-21)23-7-6-20(28)13-22(23)29/h2-7,13,18,24H,1,8-12,14-15H2. The van der Waals surface area contributed by atoms with E-state index in [2.05, 4.69) is 6.58 Å². The Kier molecular flexibility index (Phi) is 6.54. The van der Waals surface area contributed by atoms with Crippen LogP contribution in [0.15, 0.2) is 59.7 Å². The molecule has 0 amide bonds. The van der Waals surface area contributed by atoms with Crippen LogP contribution in [0.1, 0.15) is 43.7 Å². The lowest BCUT2D eigenvalue weighted by molar-refractivity contribution is -0.125. The fourth-order valence-electron chi connectivity index (χ4n) is 5.63. The number of anilines is 1. The Bertz CT molecular complexity index is 1340. The zero-order valence-electron chi connectivity index (χ0n) is 19.0. The number of nitrogens with zero attached hydrogens (tertiary/aromatic N) is 2. The van der Waals surface area contributed by atoms with Gasteiger partial charge in [-0.1, -0.05) is 59.1 Å². The highest BCUT2D eigenvalue weighted by molar-refractivity contribution is 7.91. The van der Waals surface area contributed by atoms with Crippen LogP contribution in [0, 0.1) is 11.3 Å². The van der Waals surface area contributed by atoms with Gasteiger partial charge >= 0.3 is 0 Å². The molecular weight excluding hydrogens is 527 g/mol. The van der Waals surface area contributed by atoms with Crippen LogP contribution in [0.4, 0.5) is 5.69 Å². The van der Waals surface area contributed by atoms with Crippen LogP contribution in [-0.2, 0) is 14.6 Å².